The molecule has 0 aliphatic heterocycles. The van der Waals surface area contributed by atoms with Gasteiger partial charge in [0, 0.05) is 19.0 Å². The highest BCUT2D eigenvalue weighted by atomic mass is 15.1. The summed E-state index contributed by atoms with van der Waals surface area (Å²) >= 11 is 0. The molecule has 0 aliphatic rings. The number of hydrogen-bond acceptors (Lipinski definition) is 1. The van der Waals surface area contributed by atoms with Gasteiger partial charge in [-0.25, -0.2) is 0 Å². The Morgan fingerprint density at radius 3 is 2.15 bits per heavy atom. The zero-order valence-corrected chi connectivity index (χ0v) is 9.94. The molecular formula is C11H24N2. The van der Waals surface area contributed by atoms with E-state index in [-0.39, 0.29) is 5.41 Å². The lowest BCUT2D eigenvalue weighted by Gasteiger charge is -2.31. The fraction of sp³-hybridized carbons (Fsp3) is 0.909. The Labute approximate surface area is 82.8 Å². The molecule has 0 fully saturated rings. The largest absolute Gasteiger partial charge is 0.363 e. The molecular weight excluding hydrogens is 160 g/mol. The smallest absolute Gasteiger partial charge is 0.101 e. The number of nitrogens with one attached hydrogen (secondary N) is 1. The highest BCUT2D eigenvalue weighted by Crippen LogP contribution is 2.17. The van der Waals surface area contributed by atoms with Gasteiger partial charge in [-0.2, -0.15) is 0 Å². The maximum Gasteiger partial charge on any atom is 0.101 e. The van der Waals surface area contributed by atoms with Crippen molar-refractivity contribution < 1.29 is 0 Å². The minimum atomic E-state index is -0.0256. The summed E-state index contributed by atoms with van der Waals surface area (Å²) in [7, 11) is 2.01. The normalized spacial score (nSPS) is 14.0. The predicted molar refractivity (Wildman–Crippen MR) is 59.3 cm³/mol. The Hall–Kier alpha value is -0.530. The van der Waals surface area contributed by atoms with E-state index in [2.05, 4.69) is 39.5 Å². The van der Waals surface area contributed by atoms with E-state index in [1.807, 2.05) is 7.05 Å². The van der Waals surface area contributed by atoms with Gasteiger partial charge in [0.1, 0.15) is 5.84 Å². The second-order valence-corrected chi connectivity index (χ2v) is 4.99. The van der Waals surface area contributed by atoms with Gasteiger partial charge in [0.05, 0.1) is 0 Å². The highest BCUT2D eigenvalue weighted by Gasteiger charge is 2.21. The first-order chi connectivity index (χ1) is 5.79. The van der Waals surface area contributed by atoms with Crippen molar-refractivity contribution in [2.24, 2.45) is 11.3 Å². The molecule has 0 aromatic heterocycles. The molecule has 2 heteroatoms. The van der Waals surface area contributed by atoms with Crippen LogP contribution in [0.1, 0.15) is 41.0 Å². The first-order valence-corrected chi connectivity index (χ1v) is 5.09. The van der Waals surface area contributed by atoms with Gasteiger partial charge < -0.3 is 4.90 Å². The van der Waals surface area contributed by atoms with Crippen molar-refractivity contribution in [3.63, 3.8) is 0 Å². The van der Waals surface area contributed by atoms with Crippen molar-refractivity contribution in [2.75, 3.05) is 13.6 Å². The van der Waals surface area contributed by atoms with E-state index < -0.39 is 0 Å². The summed E-state index contributed by atoms with van der Waals surface area (Å²) in [6.07, 6.45) is 1.18. The lowest BCUT2D eigenvalue weighted by Crippen LogP contribution is -2.38. The molecule has 78 valence electrons. The van der Waals surface area contributed by atoms with E-state index in [9.17, 15) is 0 Å². The van der Waals surface area contributed by atoms with Crippen LogP contribution >= 0.6 is 0 Å². The van der Waals surface area contributed by atoms with Crippen molar-refractivity contribution in [3.8, 4) is 0 Å². The number of amidine groups is 1. The number of rotatable bonds is 3. The molecule has 0 heterocycles. The summed E-state index contributed by atoms with van der Waals surface area (Å²) in [5, 5.41) is 7.94. The van der Waals surface area contributed by atoms with Crippen LogP contribution in [-0.4, -0.2) is 24.3 Å². The maximum absolute atomic E-state index is 7.94. The van der Waals surface area contributed by atoms with Crippen molar-refractivity contribution in [3.05, 3.63) is 0 Å². The predicted octanol–water partition coefficient (Wildman–Crippen LogP) is 2.99. The molecule has 0 saturated heterocycles. The van der Waals surface area contributed by atoms with Crippen molar-refractivity contribution in [1.82, 2.24) is 4.90 Å². The fourth-order valence-electron chi connectivity index (χ4n) is 1.26. The van der Waals surface area contributed by atoms with Gasteiger partial charge in [0.25, 0.3) is 0 Å². The Bertz CT molecular complexity index is 167. The Kier molecular flexibility index (Phi) is 4.45. The van der Waals surface area contributed by atoms with Crippen LogP contribution in [0.3, 0.4) is 0 Å². The standard InChI is InChI=1S/C11H24N2/c1-7-9(2)8-13(6)10(12)11(3,4)5/h9,12H,7-8H2,1-6H3. The van der Waals surface area contributed by atoms with Crippen LogP contribution in [0, 0.1) is 16.7 Å². The quantitative estimate of drug-likeness (QED) is 0.530. The van der Waals surface area contributed by atoms with Gasteiger partial charge in [-0.3, -0.25) is 5.41 Å². The van der Waals surface area contributed by atoms with Crippen LogP contribution in [0.2, 0.25) is 0 Å². The average molecular weight is 184 g/mol. The Morgan fingerprint density at radius 2 is 1.85 bits per heavy atom. The molecule has 0 radical (unpaired) electrons. The molecule has 1 atom stereocenters. The summed E-state index contributed by atoms with van der Waals surface area (Å²) in [5.74, 6) is 1.40. The van der Waals surface area contributed by atoms with Crippen LogP contribution in [0.25, 0.3) is 0 Å². The van der Waals surface area contributed by atoms with E-state index >= 15 is 0 Å². The molecule has 0 bridgehead atoms. The third kappa shape index (κ3) is 4.30. The third-order valence-corrected chi connectivity index (χ3v) is 2.37. The molecule has 0 rings (SSSR count). The summed E-state index contributed by atoms with van der Waals surface area (Å²) in [4.78, 5) is 2.06. The van der Waals surface area contributed by atoms with Gasteiger partial charge in [0.2, 0.25) is 0 Å². The molecule has 0 amide bonds. The van der Waals surface area contributed by atoms with Crippen LogP contribution in [0.5, 0.6) is 0 Å². The summed E-state index contributed by atoms with van der Waals surface area (Å²) in [6.45, 7) is 11.7. The molecule has 2 nitrogen and oxygen atoms in total. The zero-order valence-electron chi connectivity index (χ0n) is 9.94. The monoisotopic (exact) mass is 184 g/mol. The minimum absolute atomic E-state index is 0.0256. The van der Waals surface area contributed by atoms with Crippen LogP contribution in [0.4, 0.5) is 0 Å². The fourth-order valence-corrected chi connectivity index (χ4v) is 1.26. The average Bonchev–Trinajstić information content (AvgIpc) is 2.01. The van der Waals surface area contributed by atoms with E-state index in [4.69, 9.17) is 5.41 Å². The summed E-state index contributed by atoms with van der Waals surface area (Å²) in [5.41, 5.74) is -0.0256. The lowest BCUT2D eigenvalue weighted by atomic mass is 9.93. The third-order valence-electron chi connectivity index (χ3n) is 2.37. The zero-order chi connectivity index (χ0) is 10.6. The van der Waals surface area contributed by atoms with Gasteiger partial charge in [-0.05, 0) is 5.92 Å². The SMILES string of the molecule is CCC(C)CN(C)C(=N)C(C)(C)C. The lowest BCUT2D eigenvalue weighted by molar-refractivity contribution is 0.358. The molecule has 0 aromatic rings. The Balaban J connectivity index is 4.12. The summed E-state index contributed by atoms with van der Waals surface area (Å²) in [6, 6.07) is 0. The molecule has 0 spiro atoms. The van der Waals surface area contributed by atoms with Gasteiger partial charge in [-0.1, -0.05) is 41.0 Å². The highest BCUT2D eigenvalue weighted by molar-refractivity contribution is 5.83. The van der Waals surface area contributed by atoms with E-state index in [0.717, 1.165) is 12.4 Å². The minimum Gasteiger partial charge on any atom is -0.363 e. The van der Waals surface area contributed by atoms with E-state index in [1.165, 1.54) is 6.42 Å². The molecule has 1 unspecified atom stereocenters. The van der Waals surface area contributed by atoms with Crippen molar-refractivity contribution >= 4 is 5.84 Å². The van der Waals surface area contributed by atoms with Gasteiger partial charge in [-0.15, -0.1) is 0 Å². The summed E-state index contributed by atoms with van der Waals surface area (Å²) < 4.78 is 0. The molecule has 0 aliphatic carbocycles. The number of hydrogen-bond donors (Lipinski definition) is 1. The molecule has 13 heavy (non-hydrogen) atoms. The Morgan fingerprint density at radius 1 is 1.38 bits per heavy atom. The first kappa shape index (κ1) is 12.5. The van der Waals surface area contributed by atoms with E-state index in [1.54, 1.807) is 0 Å². The van der Waals surface area contributed by atoms with Crippen molar-refractivity contribution in [2.45, 2.75) is 41.0 Å². The number of nitrogens with zero attached hydrogens (tertiary/aromatic N) is 1. The topological polar surface area (TPSA) is 27.1 Å². The maximum atomic E-state index is 7.94. The van der Waals surface area contributed by atoms with Gasteiger partial charge >= 0.3 is 0 Å². The van der Waals surface area contributed by atoms with Crippen molar-refractivity contribution in [1.29, 1.82) is 5.41 Å². The van der Waals surface area contributed by atoms with Gasteiger partial charge in [0.15, 0.2) is 0 Å². The first-order valence-electron chi connectivity index (χ1n) is 5.09. The van der Waals surface area contributed by atoms with Crippen LogP contribution < -0.4 is 0 Å². The second kappa shape index (κ2) is 4.64. The molecule has 0 aromatic carbocycles. The van der Waals surface area contributed by atoms with E-state index in [0.29, 0.717) is 5.92 Å². The van der Waals surface area contributed by atoms with Crippen LogP contribution in [0.15, 0.2) is 0 Å². The van der Waals surface area contributed by atoms with Crippen LogP contribution in [-0.2, 0) is 0 Å². The second-order valence-electron chi connectivity index (χ2n) is 4.99. The molecule has 0 saturated carbocycles. The molecule has 1 N–H and O–H groups in total.